The number of carbonyl (C=O) groups is 1. The second-order valence-corrected chi connectivity index (χ2v) is 6.92. The van der Waals surface area contributed by atoms with E-state index in [0.717, 1.165) is 23.2 Å². The van der Waals surface area contributed by atoms with Gasteiger partial charge in [-0.2, -0.15) is 5.10 Å². The van der Waals surface area contributed by atoms with Gasteiger partial charge in [-0.3, -0.25) is 4.79 Å². The second-order valence-electron chi connectivity index (χ2n) is 6.92. The Kier molecular flexibility index (Phi) is 4.19. The highest BCUT2D eigenvalue weighted by Crippen LogP contribution is 2.48. The molecule has 2 bridgehead atoms. The Labute approximate surface area is 132 Å². The van der Waals surface area contributed by atoms with Crippen LogP contribution in [0.5, 0.6) is 0 Å². The molecule has 4 nitrogen and oxygen atoms in total. The molecule has 1 amide bonds. The third kappa shape index (κ3) is 3.01. The molecule has 4 heteroatoms. The van der Waals surface area contributed by atoms with Gasteiger partial charge in [-0.05, 0) is 62.3 Å². The molecule has 3 unspecified atom stereocenters. The lowest BCUT2D eigenvalue weighted by molar-refractivity contribution is 0.0954. The molecule has 3 rings (SSSR count). The van der Waals surface area contributed by atoms with Gasteiger partial charge in [-0.15, -0.1) is 0 Å². The van der Waals surface area contributed by atoms with Crippen molar-refractivity contribution in [3.05, 3.63) is 29.8 Å². The summed E-state index contributed by atoms with van der Waals surface area (Å²) in [4.78, 5) is 14.2. The van der Waals surface area contributed by atoms with Crippen molar-refractivity contribution in [2.45, 2.75) is 32.6 Å². The Morgan fingerprint density at radius 2 is 1.91 bits per heavy atom. The van der Waals surface area contributed by atoms with Crippen molar-refractivity contribution < 1.29 is 4.79 Å². The van der Waals surface area contributed by atoms with E-state index < -0.39 is 0 Å². The average molecular weight is 299 g/mol. The topological polar surface area (TPSA) is 44.7 Å². The zero-order valence-corrected chi connectivity index (χ0v) is 13.7. The number of rotatable bonds is 4. The Morgan fingerprint density at radius 3 is 2.45 bits per heavy atom. The number of anilines is 1. The molecule has 1 aromatic rings. The van der Waals surface area contributed by atoms with Gasteiger partial charge >= 0.3 is 0 Å². The van der Waals surface area contributed by atoms with Crippen LogP contribution in [0.15, 0.2) is 29.4 Å². The van der Waals surface area contributed by atoms with Crippen LogP contribution in [0, 0.1) is 17.8 Å². The molecule has 2 saturated carbocycles. The fourth-order valence-corrected chi connectivity index (χ4v) is 3.95. The summed E-state index contributed by atoms with van der Waals surface area (Å²) in [7, 11) is 3.97. The van der Waals surface area contributed by atoms with E-state index >= 15 is 0 Å². The van der Waals surface area contributed by atoms with Crippen molar-refractivity contribution in [1.29, 1.82) is 0 Å². The van der Waals surface area contributed by atoms with E-state index in [0.29, 0.717) is 11.5 Å². The number of carbonyl (C=O) groups excluding carboxylic acids is 1. The lowest BCUT2D eigenvalue weighted by Gasteiger charge is -2.21. The Hall–Kier alpha value is -1.84. The van der Waals surface area contributed by atoms with Crippen LogP contribution >= 0.6 is 0 Å². The summed E-state index contributed by atoms with van der Waals surface area (Å²) >= 11 is 0. The third-order valence-corrected chi connectivity index (χ3v) is 5.25. The average Bonchev–Trinajstić information content (AvgIpc) is 3.15. The molecule has 1 N–H and O–H groups in total. The lowest BCUT2D eigenvalue weighted by atomic mass is 9.86. The van der Waals surface area contributed by atoms with Gasteiger partial charge in [0.15, 0.2) is 0 Å². The highest BCUT2D eigenvalue weighted by atomic mass is 16.2. The van der Waals surface area contributed by atoms with Gasteiger partial charge in [-0.25, -0.2) is 5.43 Å². The minimum absolute atomic E-state index is 0.132. The van der Waals surface area contributed by atoms with Crippen LogP contribution in [-0.4, -0.2) is 25.7 Å². The fourth-order valence-electron chi connectivity index (χ4n) is 3.95. The molecule has 3 atom stereocenters. The maximum Gasteiger partial charge on any atom is 0.271 e. The molecule has 2 fully saturated rings. The molecule has 0 spiro atoms. The molecule has 0 aromatic heterocycles. The molecule has 0 saturated heterocycles. The van der Waals surface area contributed by atoms with Crippen molar-refractivity contribution in [1.82, 2.24) is 5.43 Å². The van der Waals surface area contributed by atoms with Gasteiger partial charge in [-0.1, -0.05) is 6.42 Å². The summed E-state index contributed by atoms with van der Waals surface area (Å²) in [5.74, 6) is 2.14. The molecule has 0 heterocycles. The van der Waals surface area contributed by atoms with Crippen molar-refractivity contribution >= 4 is 17.3 Å². The quantitative estimate of drug-likeness (QED) is 0.685. The highest BCUT2D eigenvalue weighted by molar-refractivity contribution is 5.95. The standard InChI is InChI=1S/C18H25N3O/c1-12(17-11-13-4-5-15(17)10-13)19-20-18(22)14-6-8-16(9-7-14)21(2)3/h6-9,13,15,17H,4-5,10-11H2,1-3H3,(H,20,22)/b19-12+. The van der Waals surface area contributed by atoms with Crippen LogP contribution < -0.4 is 10.3 Å². The summed E-state index contributed by atoms with van der Waals surface area (Å²) in [6.07, 6.45) is 5.34. The Balaban J connectivity index is 1.60. The monoisotopic (exact) mass is 299 g/mol. The van der Waals surface area contributed by atoms with Gasteiger partial charge in [0, 0.05) is 37.0 Å². The van der Waals surface area contributed by atoms with E-state index in [1.807, 2.05) is 43.3 Å². The molecule has 118 valence electrons. The summed E-state index contributed by atoms with van der Waals surface area (Å²) in [5.41, 5.74) is 5.54. The summed E-state index contributed by atoms with van der Waals surface area (Å²) in [6.45, 7) is 2.06. The number of amides is 1. The molecule has 2 aliphatic carbocycles. The van der Waals surface area contributed by atoms with Gasteiger partial charge in [0.1, 0.15) is 0 Å². The first kappa shape index (κ1) is 15.1. The van der Waals surface area contributed by atoms with Crippen LogP contribution in [0.2, 0.25) is 0 Å². The number of nitrogens with one attached hydrogen (secondary N) is 1. The molecule has 0 aliphatic heterocycles. The van der Waals surface area contributed by atoms with Crippen LogP contribution in [0.1, 0.15) is 43.0 Å². The maximum atomic E-state index is 12.2. The molecule has 0 radical (unpaired) electrons. The van der Waals surface area contributed by atoms with Gasteiger partial charge in [0.2, 0.25) is 0 Å². The third-order valence-electron chi connectivity index (χ3n) is 5.25. The fraction of sp³-hybridized carbons (Fsp3) is 0.556. The summed E-state index contributed by atoms with van der Waals surface area (Å²) < 4.78 is 0. The second kappa shape index (κ2) is 6.11. The molecular formula is C18H25N3O. The van der Waals surface area contributed by atoms with E-state index in [-0.39, 0.29) is 5.91 Å². The van der Waals surface area contributed by atoms with Crippen molar-refractivity contribution in [3.63, 3.8) is 0 Å². The predicted molar refractivity (Wildman–Crippen MR) is 90.3 cm³/mol. The number of nitrogens with zero attached hydrogens (tertiary/aromatic N) is 2. The molecular weight excluding hydrogens is 274 g/mol. The predicted octanol–water partition coefficient (Wildman–Crippen LogP) is 3.29. The van der Waals surface area contributed by atoms with E-state index in [4.69, 9.17) is 0 Å². The number of fused-ring (bicyclic) bond motifs is 2. The maximum absolute atomic E-state index is 12.2. The SMILES string of the molecule is C/C(=N\NC(=O)c1ccc(N(C)C)cc1)C1CC2CCC1C2. The minimum Gasteiger partial charge on any atom is -0.378 e. The molecule has 2 aliphatic rings. The normalized spacial score (nSPS) is 27.0. The van der Waals surface area contributed by atoms with Crippen LogP contribution in [0.25, 0.3) is 0 Å². The van der Waals surface area contributed by atoms with Crippen LogP contribution in [-0.2, 0) is 0 Å². The van der Waals surface area contributed by atoms with E-state index in [2.05, 4.69) is 17.5 Å². The van der Waals surface area contributed by atoms with Crippen molar-refractivity contribution in [3.8, 4) is 0 Å². The Bertz CT molecular complexity index is 576. The van der Waals surface area contributed by atoms with Crippen molar-refractivity contribution in [2.75, 3.05) is 19.0 Å². The lowest BCUT2D eigenvalue weighted by Crippen LogP contribution is -2.24. The zero-order chi connectivity index (χ0) is 15.7. The number of benzene rings is 1. The minimum atomic E-state index is -0.132. The van der Waals surface area contributed by atoms with Crippen LogP contribution in [0.4, 0.5) is 5.69 Å². The largest absolute Gasteiger partial charge is 0.378 e. The van der Waals surface area contributed by atoms with E-state index in [1.165, 1.54) is 25.7 Å². The highest BCUT2D eigenvalue weighted by Gasteiger charge is 2.40. The zero-order valence-electron chi connectivity index (χ0n) is 13.7. The van der Waals surface area contributed by atoms with E-state index in [9.17, 15) is 4.79 Å². The van der Waals surface area contributed by atoms with Crippen LogP contribution in [0.3, 0.4) is 0 Å². The molecule has 1 aromatic carbocycles. The molecule has 22 heavy (non-hydrogen) atoms. The first-order valence-electron chi connectivity index (χ1n) is 8.16. The number of hydrogen-bond acceptors (Lipinski definition) is 3. The smallest absolute Gasteiger partial charge is 0.271 e. The van der Waals surface area contributed by atoms with E-state index in [1.54, 1.807) is 0 Å². The number of hydrazone groups is 1. The van der Waals surface area contributed by atoms with Gasteiger partial charge < -0.3 is 4.90 Å². The van der Waals surface area contributed by atoms with Gasteiger partial charge in [0.05, 0.1) is 0 Å². The first-order chi connectivity index (χ1) is 10.5. The Morgan fingerprint density at radius 1 is 1.18 bits per heavy atom. The number of hydrogen-bond donors (Lipinski definition) is 1. The summed E-state index contributed by atoms with van der Waals surface area (Å²) in [6, 6.07) is 7.57. The first-order valence-corrected chi connectivity index (χ1v) is 8.16. The van der Waals surface area contributed by atoms with Gasteiger partial charge in [0.25, 0.3) is 5.91 Å². The van der Waals surface area contributed by atoms with Crippen molar-refractivity contribution in [2.24, 2.45) is 22.9 Å². The summed E-state index contributed by atoms with van der Waals surface area (Å²) in [5, 5.41) is 4.37.